The van der Waals surface area contributed by atoms with E-state index in [9.17, 15) is 0 Å². The second kappa shape index (κ2) is 7.31. The lowest BCUT2D eigenvalue weighted by Gasteiger charge is -2.12. The third-order valence-corrected chi connectivity index (χ3v) is 3.74. The highest BCUT2D eigenvalue weighted by Crippen LogP contribution is 2.20. The van der Waals surface area contributed by atoms with Gasteiger partial charge < -0.3 is 10.1 Å². The van der Waals surface area contributed by atoms with Crippen molar-refractivity contribution in [3.8, 4) is 5.75 Å². The summed E-state index contributed by atoms with van der Waals surface area (Å²) in [7, 11) is 0. The van der Waals surface area contributed by atoms with Gasteiger partial charge in [-0.25, -0.2) is 0 Å². The molecule has 0 saturated carbocycles. The van der Waals surface area contributed by atoms with E-state index >= 15 is 0 Å². The molecule has 2 rings (SSSR count). The van der Waals surface area contributed by atoms with E-state index in [1.807, 2.05) is 0 Å². The first kappa shape index (κ1) is 14.1. The molecule has 0 aliphatic rings. The van der Waals surface area contributed by atoms with Crippen LogP contribution in [0.1, 0.15) is 23.6 Å². The SMILES string of the molecule is CCNCc1cc(C)ccc1OCCc1ccsc1. The maximum atomic E-state index is 5.93. The molecule has 102 valence electrons. The number of nitrogens with one attached hydrogen (secondary N) is 1. The van der Waals surface area contributed by atoms with E-state index < -0.39 is 0 Å². The van der Waals surface area contributed by atoms with Gasteiger partial charge in [-0.15, -0.1) is 0 Å². The zero-order valence-electron chi connectivity index (χ0n) is 11.6. The van der Waals surface area contributed by atoms with E-state index in [0.29, 0.717) is 0 Å². The highest BCUT2D eigenvalue weighted by Gasteiger charge is 2.04. The Morgan fingerprint density at radius 3 is 2.89 bits per heavy atom. The number of hydrogen-bond donors (Lipinski definition) is 1. The molecule has 1 aromatic carbocycles. The van der Waals surface area contributed by atoms with Crippen LogP contribution in [0.25, 0.3) is 0 Å². The molecule has 0 aliphatic carbocycles. The Balaban J connectivity index is 1.94. The highest BCUT2D eigenvalue weighted by molar-refractivity contribution is 7.07. The maximum absolute atomic E-state index is 5.93. The lowest BCUT2D eigenvalue weighted by atomic mass is 10.1. The van der Waals surface area contributed by atoms with E-state index in [1.165, 1.54) is 16.7 Å². The van der Waals surface area contributed by atoms with Crippen molar-refractivity contribution in [2.24, 2.45) is 0 Å². The summed E-state index contributed by atoms with van der Waals surface area (Å²) in [5.41, 5.74) is 3.87. The van der Waals surface area contributed by atoms with Gasteiger partial charge in [0.1, 0.15) is 5.75 Å². The molecule has 2 aromatic rings. The first-order valence-corrected chi connectivity index (χ1v) is 7.68. The molecular formula is C16H21NOS. The van der Waals surface area contributed by atoms with Gasteiger partial charge in [-0.1, -0.05) is 24.6 Å². The molecule has 0 amide bonds. The molecule has 2 nitrogen and oxygen atoms in total. The summed E-state index contributed by atoms with van der Waals surface area (Å²) < 4.78 is 5.93. The van der Waals surface area contributed by atoms with Crippen molar-refractivity contribution in [2.75, 3.05) is 13.2 Å². The van der Waals surface area contributed by atoms with Crippen LogP contribution < -0.4 is 10.1 Å². The third-order valence-electron chi connectivity index (χ3n) is 3.01. The molecule has 0 bridgehead atoms. The molecular weight excluding hydrogens is 254 g/mol. The molecule has 0 unspecified atom stereocenters. The van der Waals surface area contributed by atoms with Gasteiger partial charge in [-0.2, -0.15) is 11.3 Å². The van der Waals surface area contributed by atoms with Crippen LogP contribution in [0, 0.1) is 6.92 Å². The van der Waals surface area contributed by atoms with Gasteiger partial charge in [0.05, 0.1) is 6.61 Å². The van der Waals surface area contributed by atoms with E-state index in [0.717, 1.165) is 31.9 Å². The second-order valence-corrected chi connectivity index (χ2v) is 5.40. The van der Waals surface area contributed by atoms with Gasteiger partial charge in [-0.05, 0) is 41.9 Å². The second-order valence-electron chi connectivity index (χ2n) is 4.62. The first-order valence-electron chi connectivity index (χ1n) is 6.73. The minimum Gasteiger partial charge on any atom is -0.493 e. The van der Waals surface area contributed by atoms with E-state index in [-0.39, 0.29) is 0 Å². The summed E-state index contributed by atoms with van der Waals surface area (Å²) in [5, 5.41) is 7.65. The van der Waals surface area contributed by atoms with Gasteiger partial charge in [0.25, 0.3) is 0 Å². The molecule has 1 heterocycles. The Hall–Kier alpha value is -1.32. The van der Waals surface area contributed by atoms with Crippen molar-refractivity contribution in [3.05, 3.63) is 51.7 Å². The summed E-state index contributed by atoms with van der Waals surface area (Å²) in [6.45, 7) is 6.81. The maximum Gasteiger partial charge on any atom is 0.123 e. The van der Waals surface area contributed by atoms with Crippen LogP contribution in [0.15, 0.2) is 35.0 Å². The number of ether oxygens (including phenoxy) is 1. The molecule has 0 spiro atoms. The predicted octanol–water partition coefficient (Wildman–Crippen LogP) is 3.79. The third kappa shape index (κ3) is 4.37. The first-order chi connectivity index (χ1) is 9.29. The zero-order chi connectivity index (χ0) is 13.5. The van der Waals surface area contributed by atoms with Crippen LogP contribution >= 0.6 is 11.3 Å². The number of thiophene rings is 1. The molecule has 0 saturated heterocycles. The van der Waals surface area contributed by atoms with Gasteiger partial charge in [0.15, 0.2) is 0 Å². The van der Waals surface area contributed by atoms with Gasteiger partial charge in [-0.3, -0.25) is 0 Å². The quantitative estimate of drug-likeness (QED) is 0.830. The number of aryl methyl sites for hydroxylation is 1. The standard InChI is InChI=1S/C16H21NOS/c1-3-17-11-15-10-13(2)4-5-16(15)18-8-6-14-7-9-19-12-14/h4-5,7,9-10,12,17H,3,6,8,11H2,1-2H3. The monoisotopic (exact) mass is 275 g/mol. The highest BCUT2D eigenvalue weighted by atomic mass is 32.1. The minimum absolute atomic E-state index is 0.735. The Labute approximate surface area is 119 Å². The summed E-state index contributed by atoms with van der Waals surface area (Å²) in [4.78, 5) is 0. The van der Waals surface area contributed by atoms with Crippen molar-refractivity contribution < 1.29 is 4.74 Å². The Morgan fingerprint density at radius 2 is 2.16 bits per heavy atom. The van der Waals surface area contributed by atoms with Crippen molar-refractivity contribution in [2.45, 2.75) is 26.8 Å². The summed E-state index contributed by atoms with van der Waals surface area (Å²) in [6.07, 6.45) is 0.970. The topological polar surface area (TPSA) is 21.3 Å². The van der Waals surface area contributed by atoms with Crippen LogP contribution in [-0.2, 0) is 13.0 Å². The van der Waals surface area contributed by atoms with E-state index in [1.54, 1.807) is 11.3 Å². The Bertz CT molecular complexity index is 493. The van der Waals surface area contributed by atoms with Crippen molar-refractivity contribution in [3.63, 3.8) is 0 Å². The smallest absolute Gasteiger partial charge is 0.123 e. The Kier molecular flexibility index (Phi) is 5.43. The summed E-state index contributed by atoms with van der Waals surface area (Å²) in [5.74, 6) is 1.00. The number of benzene rings is 1. The van der Waals surface area contributed by atoms with Crippen LogP contribution in [0.4, 0.5) is 0 Å². The van der Waals surface area contributed by atoms with Crippen LogP contribution in [0.3, 0.4) is 0 Å². The Morgan fingerprint density at radius 1 is 1.26 bits per heavy atom. The van der Waals surface area contributed by atoms with Crippen LogP contribution in [0.2, 0.25) is 0 Å². The van der Waals surface area contributed by atoms with Crippen molar-refractivity contribution >= 4 is 11.3 Å². The van der Waals surface area contributed by atoms with Gasteiger partial charge in [0.2, 0.25) is 0 Å². The van der Waals surface area contributed by atoms with Crippen molar-refractivity contribution in [1.82, 2.24) is 5.32 Å². The average molecular weight is 275 g/mol. The van der Waals surface area contributed by atoms with Crippen LogP contribution in [-0.4, -0.2) is 13.2 Å². The van der Waals surface area contributed by atoms with Gasteiger partial charge >= 0.3 is 0 Å². The zero-order valence-corrected chi connectivity index (χ0v) is 12.4. The fourth-order valence-electron chi connectivity index (χ4n) is 1.96. The molecule has 1 N–H and O–H groups in total. The molecule has 0 radical (unpaired) electrons. The lowest BCUT2D eigenvalue weighted by molar-refractivity contribution is 0.318. The minimum atomic E-state index is 0.735. The summed E-state index contributed by atoms with van der Waals surface area (Å²) in [6, 6.07) is 8.54. The summed E-state index contributed by atoms with van der Waals surface area (Å²) >= 11 is 1.74. The van der Waals surface area contributed by atoms with E-state index in [4.69, 9.17) is 4.74 Å². The number of rotatable bonds is 7. The largest absolute Gasteiger partial charge is 0.493 e. The van der Waals surface area contributed by atoms with E-state index in [2.05, 4.69) is 54.2 Å². The number of hydrogen-bond acceptors (Lipinski definition) is 3. The lowest BCUT2D eigenvalue weighted by Crippen LogP contribution is -2.13. The molecule has 0 fully saturated rings. The van der Waals surface area contributed by atoms with Crippen LogP contribution in [0.5, 0.6) is 5.75 Å². The fourth-order valence-corrected chi connectivity index (χ4v) is 2.66. The molecule has 0 atom stereocenters. The fraction of sp³-hybridized carbons (Fsp3) is 0.375. The molecule has 3 heteroatoms. The molecule has 1 aromatic heterocycles. The van der Waals surface area contributed by atoms with Crippen molar-refractivity contribution in [1.29, 1.82) is 0 Å². The van der Waals surface area contributed by atoms with Gasteiger partial charge in [0, 0.05) is 18.5 Å². The molecule has 0 aliphatic heterocycles. The average Bonchev–Trinajstić information content (AvgIpc) is 2.91. The molecule has 19 heavy (non-hydrogen) atoms. The predicted molar refractivity (Wildman–Crippen MR) is 82.1 cm³/mol. The normalized spacial score (nSPS) is 10.6.